The van der Waals surface area contributed by atoms with Gasteiger partial charge in [-0.1, -0.05) is 48.5 Å². The van der Waals surface area contributed by atoms with Crippen LogP contribution in [0.4, 0.5) is 0 Å². The summed E-state index contributed by atoms with van der Waals surface area (Å²) in [5, 5.41) is 0. The number of carbonyl (C=O) groups excluding carboxylic acids is 1. The predicted molar refractivity (Wildman–Crippen MR) is 98.5 cm³/mol. The Bertz CT molecular complexity index is 715. The van der Waals surface area contributed by atoms with Crippen molar-refractivity contribution >= 4 is 5.97 Å². The number of piperidine rings is 1. The molecular weight excluding hydrogens is 310 g/mol. The Morgan fingerprint density at radius 1 is 1.04 bits per heavy atom. The monoisotopic (exact) mass is 335 g/mol. The highest BCUT2D eigenvalue weighted by Gasteiger charge is 2.46. The average molecular weight is 335 g/mol. The summed E-state index contributed by atoms with van der Waals surface area (Å²) in [7, 11) is 2.23. The van der Waals surface area contributed by atoms with Gasteiger partial charge in [0.25, 0.3) is 0 Å². The van der Waals surface area contributed by atoms with Crippen molar-refractivity contribution in [3.63, 3.8) is 0 Å². The van der Waals surface area contributed by atoms with E-state index in [1.165, 1.54) is 18.4 Å². The first-order valence-electron chi connectivity index (χ1n) is 9.24. The molecule has 2 heterocycles. The molecule has 0 radical (unpaired) electrons. The predicted octanol–water partition coefficient (Wildman–Crippen LogP) is 3.94. The Morgan fingerprint density at radius 2 is 1.72 bits per heavy atom. The molecule has 3 heteroatoms. The molecule has 4 rings (SSSR count). The minimum atomic E-state index is -0.187. The van der Waals surface area contributed by atoms with Crippen LogP contribution in [0.25, 0.3) is 0 Å². The molecule has 0 N–H and O–H groups in total. The zero-order chi connectivity index (χ0) is 17.2. The van der Waals surface area contributed by atoms with E-state index in [0.717, 1.165) is 12.8 Å². The van der Waals surface area contributed by atoms with Crippen molar-refractivity contribution in [3.05, 3.63) is 71.8 Å². The second kappa shape index (κ2) is 7.01. The molecule has 2 fully saturated rings. The third kappa shape index (κ3) is 3.34. The molecule has 25 heavy (non-hydrogen) atoms. The van der Waals surface area contributed by atoms with E-state index in [0.29, 0.717) is 23.6 Å². The highest BCUT2D eigenvalue weighted by Crippen LogP contribution is 2.41. The highest BCUT2D eigenvalue weighted by atomic mass is 16.5. The molecule has 2 bridgehead atoms. The SMILES string of the molecule is CN1C2CCC1C(Cc1ccccc1)C(OC(=O)c1ccccc1)C2. The molecule has 0 spiro atoms. The van der Waals surface area contributed by atoms with Crippen LogP contribution in [-0.2, 0) is 11.2 Å². The number of hydrogen-bond donors (Lipinski definition) is 0. The number of benzene rings is 2. The van der Waals surface area contributed by atoms with Crippen LogP contribution >= 0.6 is 0 Å². The molecule has 2 aromatic rings. The summed E-state index contributed by atoms with van der Waals surface area (Å²) in [6, 6.07) is 21.0. The fourth-order valence-electron chi connectivity index (χ4n) is 4.60. The maximum absolute atomic E-state index is 12.6. The summed E-state index contributed by atoms with van der Waals surface area (Å²) in [5.41, 5.74) is 1.97. The number of ether oxygens (including phenoxy) is 1. The number of rotatable bonds is 4. The third-order valence-corrected chi connectivity index (χ3v) is 5.95. The molecule has 130 valence electrons. The van der Waals surface area contributed by atoms with Crippen molar-refractivity contribution < 1.29 is 9.53 Å². The molecular formula is C22H25NO2. The first-order valence-corrected chi connectivity index (χ1v) is 9.24. The molecule has 0 saturated carbocycles. The largest absolute Gasteiger partial charge is 0.458 e. The van der Waals surface area contributed by atoms with E-state index in [9.17, 15) is 4.79 Å². The van der Waals surface area contributed by atoms with Crippen molar-refractivity contribution in [1.29, 1.82) is 0 Å². The molecule has 3 nitrogen and oxygen atoms in total. The summed E-state index contributed by atoms with van der Waals surface area (Å²) < 4.78 is 6.03. The van der Waals surface area contributed by atoms with Gasteiger partial charge in [-0.3, -0.25) is 4.90 Å². The van der Waals surface area contributed by atoms with Crippen LogP contribution in [-0.4, -0.2) is 36.1 Å². The topological polar surface area (TPSA) is 29.5 Å². The van der Waals surface area contributed by atoms with Crippen LogP contribution in [0.1, 0.15) is 35.2 Å². The van der Waals surface area contributed by atoms with Crippen molar-refractivity contribution in [2.75, 3.05) is 7.05 Å². The first kappa shape index (κ1) is 16.3. The van der Waals surface area contributed by atoms with Gasteiger partial charge in [0.2, 0.25) is 0 Å². The standard InChI is InChI=1S/C22H25NO2/c1-23-18-12-13-20(23)19(14-16-8-4-2-5-9-16)21(15-18)25-22(24)17-10-6-3-7-11-17/h2-11,18-21H,12-15H2,1H3. The van der Waals surface area contributed by atoms with Gasteiger partial charge in [-0.2, -0.15) is 0 Å². The smallest absolute Gasteiger partial charge is 0.338 e. The summed E-state index contributed by atoms with van der Waals surface area (Å²) in [6.45, 7) is 0. The van der Waals surface area contributed by atoms with E-state index in [4.69, 9.17) is 4.74 Å². The van der Waals surface area contributed by atoms with Gasteiger partial charge in [0.05, 0.1) is 5.56 Å². The Labute approximate surface area is 149 Å². The first-order chi connectivity index (χ1) is 12.2. The van der Waals surface area contributed by atoms with Crippen LogP contribution in [0.3, 0.4) is 0 Å². The van der Waals surface area contributed by atoms with Gasteiger partial charge in [0.15, 0.2) is 0 Å². The van der Waals surface area contributed by atoms with Crippen molar-refractivity contribution in [1.82, 2.24) is 4.90 Å². The summed E-state index contributed by atoms with van der Waals surface area (Å²) in [5.74, 6) is 0.173. The van der Waals surface area contributed by atoms with Gasteiger partial charge in [-0.05, 0) is 44.0 Å². The number of esters is 1. The summed E-state index contributed by atoms with van der Waals surface area (Å²) in [6.07, 6.45) is 4.34. The zero-order valence-corrected chi connectivity index (χ0v) is 14.7. The van der Waals surface area contributed by atoms with Gasteiger partial charge in [0, 0.05) is 24.4 Å². The zero-order valence-electron chi connectivity index (χ0n) is 14.7. The van der Waals surface area contributed by atoms with E-state index in [1.807, 2.05) is 30.3 Å². The minimum Gasteiger partial charge on any atom is -0.458 e. The van der Waals surface area contributed by atoms with Crippen LogP contribution in [0.2, 0.25) is 0 Å². The Hall–Kier alpha value is -2.13. The molecule has 4 unspecified atom stereocenters. The van der Waals surface area contributed by atoms with Crippen LogP contribution in [0, 0.1) is 5.92 Å². The lowest BCUT2D eigenvalue weighted by Crippen LogP contribution is -2.51. The maximum atomic E-state index is 12.6. The van der Waals surface area contributed by atoms with E-state index in [-0.39, 0.29) is 12.1 Å². The van der Waals surface area contributed by atoms with Crippen LogP contribution in [0.5, 0.6) is 0 Å². The molecule has 0 aromatic heterocycles. The minimum absolute atomic E-state index is 0.00149. The Kier molecular flexibility index (Phi) is 4.58. The quantitative estimate of drug-likeness (QED) is 0.793. The number of hydrogen-bond acceptors (Lipinski definition) is 3. The lowest BCUT2D eigenvalue weighted by Gasteiger charge is -2.42. The van der Waals surface area contributed by atoms with Gasteiger partial charge < -0.3 is 4.74 Å². The lowest BCUT2D eigenvalue weighted by atomic mass is 9.83. The molecule has 0 amide bonds. The van der Waals surface area contributed by atoms with E-state index >= 15 is 0 Å². The molecule has 0 aliphatic carbocycles. The lowest BCUT2D eigenvalue weighted by molar-refractivity contribution is -0.0339. The second-order valence-electron chi connectivity index (χ2n) is 7.36. The Morgan fingerprint density at radius 3 is 2.44 bits per heavy atom. The van der Waals surface area contributed by atoms with Gasteiger partial charge in [-0.25, -0.2) is 4.79 Å². The second-order valence-corrected chi connectivity index (χ2v) is 7.36. The average Bonchev–Trinajstić information content (AvgIpc) is 2.90. The van der Waals surface area contributed by atoms with Gasteiger partial charge in [-0.15, -0.1) is 0 Å². The molecule has 2 aliphatic rings. The number of nitrogens with zero attached hydrogens (tertiary/aromatic N) is 1. The van der Waals surface area contributed by atoms with Crippen LogP contribution in [0.15, 0.2) is 60.7 Å². The Balaban J connectivity index is 1.55. The third-order valence-electron chi connectivity index (χ3n) is 5.95. The van der Waals surface area contributed by atoms with Crippen molar-refractivity contribution in [2.24, 2.45) is 5.92 Å². The molecule has 2 aliphatic heterocycles. The fourth-order valence-corrected chi connectivity index (χ4v) is 4.60. The highest BCUT2D eigenvalue weighted by molar-refractivity contribution is 5.89. The van der Waals surface area contributed by atoms with Crippen molar-refractivity contribution in [2.45, 2.75) is 43.9 Å². The van der Waals surface area contributed by atoms with Crippen molar-refractivity contribution in [3.8, 4) is 0 Å². The molecule has 2 saturated heterocycles. The van der Waals surface area contributed by atoms with E-state index < -0.39 is 0 Å². The normalized spacial score (nSPS) is 28.7. The maximum Gasteiger partial charge on any atom is 0.338 e. The summed E-state index contributed by atoms with van der Waals surface area (Å²) >= 11 is 0. The van der Waals surface area contributed by atoms with Gasteiger partial charge >= 0.3 is 5.97 Å². The van der Waals surface area contributed by atoms with E-state index in [2.05, 4.69) is 42.3 Å². The van der Waals surface area contributed by atoms with E-state index in [1.54, 1.807) is 0 Å². The molecule has 4 atom stereocenters. The van der Waals surface area contributed by atoms with Gasteiger partial charge in [0.1, 0.15) is 6.10 Å². The fraction of sp³-hybridized carbons (Fsp3) is 0.409. The molecule has 2 aromatic carbocycles. The van der Waals surface area contributed by atoms with Crippen LogP contribution < -0.4 is 0 Å². The number of carbonyl (C=O) groups is 1. The number of fused-ring (bicyclic) bond motifs is 2. The summed E-state index contributed by atoms with van der Waals surface area (Å²) in [4.78, 5) is 15.1.